The Hall–Kier alpha value is -4.47. The predicted molar refractivity (Wildman–Crippen MR) is 159 cm³/mol. The zero-order valence-corrected chi connectivity index (χ0v) is 26.0. The number of aliphatic carboxylic acids is 1. The zero-order chi connectivity index (χ0) is 33.4. The number of carbonyl (C=O) groups is 7. The molecule has 0 aliphatic carbocycles. The van der Waals surface area contributed by atoms with Crippen molar-refractivity contribution >= 4 is 48.7 Å². The van der Waals surface area contributed by atoms with Crippen molar-refractivity contribution in [2.24, 2.45) is 11.8 Å². The average molecular weight is 629 g/mol. The summed E-state index contributed by atoms with van der Waals surface area (Å²) in [6, 6.07) is 3.66. The van der Waals surface area contributed by atoms with E-state index in [4.69, 9.17) is 14.4 Å². The third-order valence-corrected chi connectivity index (χ3v) is 7.48. The maximum atomic E-state index is 13.7. The highest BCUT2D eigenvalue weighted by atomic mass is 16.6. The second-order valence-corrected chi connectivity index (χ2v) is 11.8. The van der Waals surface area contributed by atoms with Crippen LogP contribution in [0.5, 0.6) is 0 Å². The van der Waals surface area contributed by atoms with Gasteiger partial charge in [0, 0.05) is 17.7 Å². The molecule has 0 bridgehead atoms. The van der Waals surface area contributed by atoms with Crippen molar-refractivity contribution < 1.29 is 48.0 Å². The highest BCUT2D eigenvalue weighted by Gasteiger charge is 2.45. The molecular weight excluding hydrogens is 589 g/mol. The molecule has 3 atom stereocenters. The standard InChI is InChI=1S/C29H40BN5O10/c1-16(2)24(32-27(41)19-10-8-18(9-11-19)26(40)31-13-21(36)37)29(43)35-12-6-7-20(35)28(42)33-25(17(3)4)30-44-22(38)14-34(5)15-23(39)45-30/h8-11,16-17,20,24-25H,6-7,12-15H2,1-5H3,(H,31,40)(H,32,41)(H,33,42)(H,36,37)/t20-,24-,25-/m0/s1. The number of hydrogen-bond donors (Lipinski definition) is 4. The Kier molecular flexibility index (Phi) is 12.1. The monoisotopic (exact) mass is 629 g/mol. The van der Waals surface area contributed by atoms with E-state index in [1.165, 1.54) is 34.1 Å². The summed E-state index contributed by atoms with van der Waals surface area (Å²) >= 11 is 0. The highest BCUT2D eigenvalue weighted by molar-refractivity contribution is 6.51. The van der Waals surface area contributed by atoms with Gasteiger partial charge in [-0.2, -0.15) is 0 Å². The fourth-order valence-corrected chi connectivity index (χ4v) is 5.06. The molecule has 1 aromatic carbocycles. The topological polar surface area (TPSA) is 201 Å². The highest BCUT2D eigenvalue weighted by Crippen LogP contribution is 2.22. The van der Waals surface area contributed by atoms with Gasteiger partial charge in [-0.3, -0.25) is 38.5 Å². The van der Waals surface area contributed by atoms with Crippen LogP contribution in [0, 0.1) is 11.8 Å². The van der Waals surface area contributed by atoms with Gasteiger partial charge < -0.3 is 35.3 Å². The van der Waals surface area contributed by atoms with Crippen molar-refractivity contribution in [3.8, 4) is 0 Å². The Bertz CT molecular complexity index is 1280. The van der Waals surface area contributed by atoms with E-state index >= 15 is 0 Å². The minimum Gasteiger partial charge on any atom is -0.497 e. The summed E-state index contributed by atoms with van der Waals surface area (Å²) in [5.41, 5.74) is 0.333. The molecule has 0 spiro atoms. The molecule has 0 radical (unpaired) electrons. The Morgan fingerprint density at radius 2 is 1.47 bits per heavy atom. The molecule has 4 N–H and O–H groups in total. The number of nitrogens with zero attached hydrogens (tertiary/aromatic N) is 2. The van der Waals surface area contributed by atoms with Gasteiger partial charge in [-0.05, 0) is 56.0 Å². The van der Waals surface area contributed by atoms with Crippen molar-refractivity contribution in [3.63, 3.8) is 0 Å². The summed E-state index contributed by atoms with van der Waals surface area (Å²) in [5, 5.41) is 16.5. The lowest BCUT2D eigenvalue weighted by Gasteiger charge is -2.33. The molecule has 16 heteroatoms. The third kappa shape index (κ3) is 9.51. The summed E-state index contributed by atoms with van der Waals surface area (Å²) in [5.74, 6) is -6.08. The summed E-state index contributed by atoms with van der Waals surface area (Å²) < 4.78 is 10.8. The number of likely N-dealkylation sites (tertiary alicyclic amines) is 1. The van der Waals surface area contributed by atoms with Crippen LogP contribution in [0.1, 0.15) is 61.3 Å². The fraction of sp³-hybridized carbons (Fsp3) is 0.552. The van der Waals surface area contributed by atoms with Gasteiger partial charge in [-0.1, -0.05) is 27.7 Å². The van der Waals surface area contributed by atoms with E-state index in [-0.39, 0.29) is 42.6 Å². The molecule has 2 aliphatic heterocycles. The molecule has 2 heterocycles. The summed E-state index contributed by atoms with van der Waals surface area (Å²) in [6.45, 7) is 6.55. The van der Waals surface area contributed by atoms with Crippen LogP contribution in [0.4, 0.5) is 0 Å². The Balaban J connectivity index is 1.70. The molecular formula is C29H40BN5O10. The molecule has 1 aromatic rings. The van der Waals surface area contributed by atoms with E-state index in [2.05, 4.69) is 16.0 Å². The average Bonchev–Trinajstić information content (AvgIpc) is 3.45. The zero-order valence-electron chi connectivity index (χ0n) is 26.0. The molecule has 15 nitrogen and oxygen atoms in total. The second kappa shape index (κ2) is 15.5. The molecule has 3 rings (SSSR count). The van der Waals surface area contributed by atoms with E-state index < -0.39 is 73.2 Å². The first kappa shape index (κ1) is 35.0. The van der Waals surface area contributed by atoms with Gasteiger partial charge in [0.05, 0.1) is 19.0 Å². The Morgan fingerprint density at radius 1 is 0.911 bits per heavy atom. The van der Waals surface area contributed by atoms with Crippen molar-refractivity contribution in [1.82, 2.24) is 25.8 Å². The first-order valence-corrected chi connectivity index (χ1v) is 14.8. The number of carboxylic acids is 1. The fourth-order valence-electron chi connectivity index (χ4n) is 5.06. The van der Waals surface area contributed by atoms with Crippen molar-refractivity contribution in [2.45, 2.75) is 58.6 Å². The molecule has 45 heavy (non-hydrogen) atoms. The summed E-state index contributed by atoms with van der Waals surface area (Å²) in [6.07, 6.45) is 0.904. The minimum absolute atomic E-state index is 0.121. The van der Waals surface area contributed by atoms with Crippen molar-refractivity contribution in [1.29, 1.82) is 0 Å². The number of likely N-dealkylation sites (N-methyl/N-ethyl adjacent to an activating group) is 1. The van der Waals surface area contributed by atoms with Crippen LogP contribution in [-0.2, 0) is 33.3 Å². The van der Waals surface area contributed by atoms with Crippen LogP contribution >= 0.6 is 0 Å². The van der Waals surface area contributed by atoms with E-state index in [0.717, 1.165) is 0 Å². The number of carbonyl (C=O) groups excluding carboxylic acids is 6. The van der Waals surface area contributed by atoms with Crippen LogP contribution in [0.2, 0.25) is 0 Å². The van der Waals surface area contributed by atoms with Crippen LogP contribution in [0.25, 0.3) is 0 Å². The maximum Gasteiger partial charge on any atom is 0.622 e. The number of carboxylic acid groups (broad SMARTS) is 1. The molecule has 0 aromatic heterocycles. The SMILES string of the molecule is CC(C)[C@H](NC(=O)[C@@H]1CCCN1C(=O)[C@@H](NC(=O)c1ccc(C(=O)NCC(=O)O)cc1)C(C)C)B1OC(=O)CN(C)CC(=O)O1. The normalized spacial score (nSPS) is 18.8. The van der Waals surface area contributed by atoms with E-state index in [9.17, 15) is 33.6 Å². The van der Waals surface area contributed by atoms with Gasteiger partial charge in [0.25, 0.3) is 11.8 Å². The van der Waals surface area contributed by atoms with E-state index in [1.807, 2.05) is 0 Å². The molecule has 2 aliphatic rings. The first-order chi connectivity index (χ1) is 21.2. The number of rotatable bonds is 11. The number of hydrogen-bond acceptors (Lipinski definition) is 10. The molecule has 0 saturated carbocycles. The quantitative estimate of drug-likeness (QED) is 0.229. The van der Waals surface area contributed by atoms with Crippen LogP contribution in [0.3, 0.4) is 0 Å². The Morgan fingerprint density at radius 3 is 1.98 bits per heavy atom. The van der Waals surface area contributed by atoms with E-state index in [1.54, 1.807) is 34.7 Å². The maximum absolute atomic E-state index is 13.7. The smallest absolute Gasteiger partial charge is 0.497 e. The predicted octanol–water partition coefficient (Wildman–Crippen LogP) is -0.554. The molecule has 2 fully saturated rings. The first-order valence-electron chi connectivity index (χ1n) is 14.8. The van der Waals surface area contributed by atoms with Gasteiger partial charge in [0.2, 0.25) is 11.8 Å². The van der Waals surface area contributed by atoms with Gasteiger partial charge in [0.15, 0.2) is 0 Å². The summed E-state index contributed by atoms with van der Waals surface area (Å²) in [7, 11) is 0.233. The number of amides is 4. The van der Waals surface area contributed by atoms with Gasteiger partial charge in [-0.25, -0.2) is 0 Å². The molecule has 4 amide bonds. The van der Waals surface area contributed by atoms with E-state index in [0.29, 0.717) is 12.8 Å². The van der Waals surface area contributed by atoms with Crippen LogP contribution in [0.15, 0.2) is 24.3 Å². The van der Waals surface area contributed by atoms with Gasteiger partial charge >= 0.3 is 25.0 Å². The number of nitrogens with one attached hydrogen (secondary N) is 3. The van der Waals surface area contributed by atoms with Crippen LogP contribution in [-0.4, -0.2) is 115 Å². The van der Waals surface area contributed by atoms with Crippen LogP contribution < -0.4 is 16.0 Å². The van der Waals surface area contributed by atoms with Crippen molar-refractivity contribution in [3.05, 3.63) is 35.4 Å². The lowest BCUT2D eigenvalue weighted by Crippen LogP contribution is -2.60. The number of benzene rings is 1. The third-order valence-electron chi connectivity index (χ3n) is 7.48. The summed E-state index contributed by atoms with van der Waals surface area (Å²) in [4.78, 5) is 90.6. The molecule has 244 valence electrons. The Labute approximate surface area is 261 Å². The van der Waals surface area contributed by atoms with Gasteiger partial charge in [-0.15, -0.1) is 0 Å². The van der Waals surface area contributed by atoms with Crippen molar-refractivity contribution in [2.75, 3.05) is 33.2 Å². The largest absolute Gasteiger partial charge is 0.622 e. The minimum atomic E-state index is -1.34. The second-order valence-electron chi connectivity index (χ2n) is 11.8. The lowest BCUT2D eigenvalue weighted by molar-refractivity contribution is -0.146. The molecule has 0 unspecified atom stereocenters. The molecule has 2 saturated heterocycles. The van der Waals surface area contributed by atoms with Gasteiger partial charge in [0.1, 0.15) is 18.6 Å². The lowest BCUT2D eigenvalue weighted by atomic mass is 9.71.